The SMILES string of the molecule is CCCn1nccc1C#CC(=O)O. The maximum Gasteiger partial charge on any atom is 0.382 e. The molecule has 0 unspecified atom stereocenters. The van der Waals surface area contributed by atoms with E-state index in [2.05, 4.69) is 16.9 Å². The maximum atomic E-state index is 10.2. The zero-order valence-corrected chi connectivity index (χ0v) is 7.32. The molecule has 0 fully saturated rings. The average molecular weight is 178 g/mol. The molecule has 1 N–H and O–H groups in total. The van der Waals surface area contributed by atoms with Crippen molar-refractivity contribution in [3.05, 3.63) is 18.0 Å². The molecule has 13 heavy (non-hydrogen) atoms. The van der Waals surface area contributed by atoms with E-state index in [1.165, 1.54) is 0 Å². The van der Waals surface area contributed by atoms with Gasteiger partial charge >= 0.3 is 5.97 Å². The molecule has 1 aromatic heterocycles. The van der Waals surface area contributed by atoms with Crippen LogP contribution in [-0.4, -0.2) is 20.9 Å². The van der Waals surface area contributed by atoms with Crippen molar-refractivity contribution in [2.45, 2.75) is 19.9 Å². The lowest BCUT2D eigenvalue weighted by molar-refractivity contribution is -0.130. The van der Waals surface area contributed by atoms with Gasteiger partial charge in [0.15, 0.2) is 0 Å². The lowest BCUT2D eigenvalue weighted by atomic mass is 10.4. The highest BCUT2D eigenvalue weighted by Crippen LogP contribution is 1.97. The molecule has 1 rings (SSSR count). The molecule has 0 spiro atoms. The molecule has 68 valence electrons. The molecule has 1 heterocycles. The summed E-state index contributed by atoms with van der Waals surface area (Å²) in [5.41, 5.74) is 0.643. The lowest BCUT2D eigenvalue weighted by Gasteiger charge is -1.98. The number of aryl methyl sites for hydroxylation is 1. The molecule has 0 aromatic carbocycles. The van der Waals surface area contributed by atoms with Gasteiger partial charge in [-0.2, -0.15) is 5.10 Å². The van der Waals surface area contributed by atoms with Crippen LogP contribution in [0.1, 0.15) is 19.0 Å². The van der Waals surface area contributed by atoms with Crippen LogP contribution in [0.3, 0.4) is 0 Å². The van der Waals surface area contributed by atoms with Crippen molar-refractivity contribution in [2.24, 2.45) is 0 Å². The zero-order chi connectivity index (χ0) is 9.68. The van der Waals surface area contributed by atoms with E-state index in [1.54, 1.807) is 16.9 Å². The first-order valence-electron chi connectivity index (χ1n) is 4.00. The van der Waals surface area contributed by atoms with Crippen LogP contribution in [-0.2, 0) is 11.3 Å². The minimum Gasteiger partial charge on any atom is -0.472 e. The Bertz CT molecular complexity index is 357. The van der Waals surface area contributed by atoms with Crippen LogP contribution in [0.15, 0.2) is 12.3 Å². The predicted octanol–water partition coefficient (Wildman–Crippen LogP) is 0.729. The third-order valence-electron chi connectivity index (χ3n) is 1.45. The molecule has 0 atom stereocenters. The highest BCUT2D eigenvalue weighted by molar-refractivity contribution is 5.87. The molecule has 0 saturated heterocycles. The van der Waals surface area contributed by atoms with Crippen LogP contribution in [0.2, 0.25) is 0 Å². The summed E-state index contributed by atoms with van der Waals surface area (Å²) in [6, 6.07) is 1.70. The zero-order valence-electron chi connectivity index (χ0n) is 7.32. The first kappa shape index (κ1) is 9.33. The normalized spacial score (nSPS) is 9.00. The van der Waals surface area contributed by atoms with Gasteiger partial charge in [-0.3, -0.25) is 4.68 Å². The standard InChI is InChI=1S/C9H10N2O2/c1-2-7-11-8(5-6-10-11)3-4-9(12)13/h5-6H,2,7H2,1H3,(H,12,13). The Kier molecular flexibility index (Phi) is 3.09. The molecule has 0 aliphatic rings. The van der Waals surface area contributed by atoms with Gasteiger partial charge in [-0.25, -0.2) is 4.79 Å². The van der Waals surface area contributed by atoms with Crippen LogP contribution in [0.25, 0.3) is 0 Å². The second kappa shape index (κ2) is 4.31. The number of rotatable bonds is 2. The maximum absolute atomic E-state index is 10.2. The van der Waals surface area contributed by atoms with Gasteiger partial charge in [0.25, 0.3) is 0 Å². The first-order valence-corrected chi connectivity index (χ1v) is 4.00. The molecule has 0 aliphatic carbocycles. The van der Waals surface area contributed by atoms with Gasteiger partial charge in [-0.05, 0) is 18.4 Å². The quantitative estimate of drug-likeness (QED) is 0.679. The van der Waals surface area contributed by atoms with Gasteiger partial charge in [0.05, 0.1) is 6.20 Å². The summed E-state index contributed by atoms with van der Waals surface area (Å²) in [4.78, 5) is 10.2. The van der Waals surface area contributed by atoms with E-state index in [0.29, 0.717) is 5.69 Å². The Hall–Kier alpha value is -1.76. The van der Waals surface area contributed by atoms with Crippen LogP contribution in [0.4, 0.5) is 0 Å². The Labute approximate surface area is 76.2 Å². The molecule has 0 saturated carbocycles. The number of carbonyl (C=O) groups is 1. The minimum atomic E-state index is -1.12. The second-order valence-electron chi connectivity index (χ2n) is 2.49. The fourth-order valence-electron chi connectivity index (χ4n) is 0.946. The summed E-state index contributed by atoms with van der Waals surface area (Å²) in [5.74, 6) is 3.46. The van der Waals surface area contributed by atoms with E-state index in [4.69, 9.17) is 5.11 Å². The van der Waals surface area contributed by atoms with Crippen molar-refractivity contribution in [1.29, 1.82) is 0 Å². The second-order valence-corrected chi connectivity index (χ2v) is 2.49. The van der Waals surface area contributed by atoms with Crippen molar-refractivity contribution in [2.75, 3.05) is 0 Å². The molecule has 0 amide bonds. The van der Waals surface area contributed by atoms with E-state index in [9.17, 15) is 4.79 Å². The third kappa shape index (κ3) is 2.64. The van der Waals surface area contributed by atoms with Crippen LogP contribution in [0.5, 0.6) is 0 Å². The average Bonchev–Trinajstić information content (AvgIpc) is 2.49. The fourth-order valence-corrected chi connectivity index (χ4v) is 0.946. The smallest absolute Gasteiger partial charge is 0.382 e. The van der Waals surface area contributed by atoms with Crippen molar-refractivity contribution >= 4 is 5.97 Å². The number of hydrogen-bond acceptors (Lipinski definition) is 2. The number of carboxylic acids is 1. The highest BCUT2D eigenvalue weighted by atomic mass is 16.4. The topological polar surface area (TPSA) is 55.1 Å². The van der Waals surface area contributed by atoms with Crippen LogP contribution < -0.4 is 0 Å². The van der Waals surface area contributed by atoms with Gasteiger partial charge < -0.3 is 5.11 Å². The van der Waals surface area contributed by atoms with Crippen molar-refractivity contribution in [3.8, 4) is 11.8 Å². The van der Waals surface area contributed by atoms with Gasteiger partial charge in [0.1, 0.15) is 5.69 Å². The minimum absolute atomic E-state index is 0.643. The molecule has 0 radical (unpaired) electrons. The summed E-state index contributed by atoms with van der Waals surface area (Å²) < 4.78 is 1.69. The summed E-state index contributed by atoms with van der Waals surface area (Å²) in [5, 5.41) is 12.3. The third-order valence-corrected chi connectivity index (χ3v) is 1.45. The van der Waals surface area contributed by atoms with Gasteiger partial charge in [0, 0.05) is 12.5 Å². The van der Waals surface area contributed by atoms with Crippen molar-refractivity contribution in [1.82, 2.24) is 9.78 Å². The first-order chi connectivity index (χ1) is 6.24. The molecule has 4 heteroatoms. The molecular weight excluding hydrogens is 168 g/mol. The summed E-state index contributed by atoms with van der Waals surface area (Å²) in [7, 11) is 0. The lowest BCUT2D eigenvalue weighted by Crippen LogP contribution is -2.01. The number of hydrogen-bond donors (Lipinski definition) is 1. The Morgan fingerprint density at radius 3 is 3.15 bits per heavy atom. The summed E-state index contributed by atoms with van der Waals surface area (Å²) >= 11 is 0. The number of aromatic nitrogens is 2. The van der Waals surface area contributed by atoms with Crippen LogP contribution in [0, 0.1) is 11.8 Å². The largest absolute Gasteiger partial charge is 0.472 e. The molecule has 0 aliphatic heterocycles. The predicted molar refractivity (Wildman–Crippen MR) is 47.0 cm³/mol. The molecule has 1 aromatic rings. The Morgan fingerprint density at radius 1 is 1.77 bits per heavy atom. The summed E-state index contributed by atoms with van der Waals surface area (Å²) in [6.07, 6.45) is 2.56. The van der Waals surface area contributed by atoms with E-state index in [1.807, 2.05) is 6.92 Å². The Morgan fingerprint density at radius 2 is 2.54 bits per heavy atom. The van der Waals surface area contributed by atoms with Gasteiger partial charge in [-0.15, -0.1) is 0 Å². The highest BCUT2D eigenvalue weighted by Gasteiger charge is 1.96. The molecule has 4 nitrogen and oxygen atoms in total. The molecule has 0 bridgehead atoms. The fraction of sp³-hybridized carbons (Fsp3) is 0.333. The van der Waals surface area contributed by atoms with E-state index in [0.717, 1.165) is 13.0 Å². The number of aliphatic carboxylic acids is 1. The van der Waals surface area contributed by atoms with E-state index >= 15 is 0 Å². The van der Waals surface area contributed by atoms with Gasteiger partial charge in [0.2, 0.25) is 0 Å². The Balaban J connectivity index is 2.83. The van der Waals surface area contributed by atoms with Crippen LogP contribution >= 0.6 is 0 Å². The van der Waals surface area contributed by atoms with Crippen molar-refractivity contribution < 1.29 is 9.90 Å². The summed E-state index contributed by atoms with van der Waals surface area (Å²) in [6.45, 7) is 2.78. The number of nitrogens with zero attached hydrogens (tertiary/aromatic N) is 2. The van der Waals surface area contributed by atoms with E-state index < -0.39 is 5.97 Å². The molecular formula is C9H10N2O2. The van der Waals surface area contributed by atoms with E-state index in [-0.39, 0.29) is 0 Å². The monoisotopic (exact) mass is 178 g/mol. The number of carboxylic acid groups (broad SMARTS) is 1. The van der Waals surface area contributed by atoms with Gasteiger partial charge in [-0.1, -0.05) is 6.92 Å². The van der Waals surface area contributed by atoms with Crippen molar-refractivity contribution in [3.63, 3.8) is 0 Å².